The molecule has 0 aromatic carbocycles. The van der Waals surface area contributed by atoms with E-state index in [1.54, 1.807) is 0 Å². The number of hydrogen-bond donors (Lipinski definition) is 27. The highest BCUT2D eigenvalue weighted by molar-refractivity contribution is 7.46. The molecular weight excluding hydrogens is 1660 g/mol. The number of aliphatic carboxylic acids is 2. The second-order valence-corrected chi connectivity index (χ2v) is 29.5. The van der Waals surface area contributed by atoms with Crippen LogP contribution in [0.25, 0.3) is 0 Å². The summed E-state index contributed by atoms with van der Waals surface area (Å²) in [5, 5.41) is 210. The maximum atomic E-state index is 14.4. The molecule has 6 fully saturated rings. The highest BCUT2D eigenvalue weighted by atomic mass is 31.2. The van der Waals surface area contributed by atoms with Gasteiger partial charge in [0.15, 0.2) is 37.4 Å². The average Bonchev–Trinajstić information content (AvgIpc) is 0.745. The van der Waals surface area contributed by atoms with Gasteiger partial charge in [0, 0.05) is 19.3 Å². The molecule has 2 amide bonds. The van der Waals surface area contributed by atoms with E-state index in [0.29, 0.717) is 0 Å². The minimum atomic E-state index is -6.28. The monoisotopic (exact) mass is 1750 g/mol. The molecule has 6 aliphatic rings. The van der Waals surface area contributed by atoms with Gasteiger partial charge in [-0.1, -0.05) is 0 Å². The number of aliphatic hydroxyl groups excluding tert-OH is 17. The van der Waals surface area contributed by atoms with Crippen molar-refractivity contribution in [1.29, 1.82) is 0 Å². The maximum Gasteiger partial charge on any atom is 0.472 e. The highest BCUT2D eigenvalue weighted by Crippen LogP contribution is 2.49. The SMILES string of the molecule is O=COCCC(=O)N[C@H]1[C@H](OC[C@H]2O[C@H](OP(=O)(O)O)[C@H](NC(=O)CCO)[C@@H](OC(=O)CCO)[C@@H]2O)O[C@H](CO[C@]2(C(=O)O)C[C@@H](O[C@]3(C(=O)O)C[C@@H](O)[C@@H](O)[C@@H]([C@H](O)CO)O3)[C@@H](O[C@H]3O[C@H]([C@@H](O)CO)[C@@H](OP(=O)(O)O)[C@H](O[C@H]4O[C@H]([C@@H](O)CO)[C@@H](O)[C@H](O)[C@@H]4O)[C@@H]3O)[C@@H]([C@H](O)CO)O2)[C@@H](OP(=O)(O)O)[C@@H]1OC(=O)CCOC=O. The Morgan fingerprint density at radius 2 is 0.930 bits per heavy atom. The Bertz CT molecular complexity index is 3320. The zero-order valence-electron chi connectivity index (χ0n) is 59.2. The third-order valence-electron chi connectivity index (χ3n) is 17.9. The first-order valence-electron chi connectivity index (χ1n) is 33.9. The van der Waals surface area contributed by atoms with Gasteiger partial charge in [-0.15, -0.1) is 0 Å². The van der Waals surface area contributed by atoms with Crippen molar-refractivity contribution in [2.75, 3.05) is 66.1 Å². The van der Waals surface area contributed by atoms with Gasteiger partial charge < -0.3 is 208 Å². The number of nitrogens with one attached hydrogen (secondary N) is 2. The fourth-order valence-electron chi connectivity index (χ4n) is 12.6. The number of carboxylic acids is 2. The van der Waals surface area contributed by atoms with Crippen molar-refractivity contribution in [3.8, 4) is 0 Å². The zero-order chi connectivity index (χ0) is 86.2. The molecular formula is C56H91N2O54P3. The zero-order valence-corrected chi connectivity index (χ0v) is 61.8. The Labute approximate surface area is 644 Å². The molecule has 6 heterocycles. The second-order valence-electron chi connectivity index (χ2n) is 25.9. The third kappa shape index (κ3) is 26.2. The number of amides is 2. The lowest BCUT2D eigenvalue weighted by Crippen LogP contribution is -2.71. The highest BCUT2D eigenvalue weighted by Gasteiger charge is 2.65. The molecule has 0 aromatic rings. The van der Waals surface area contributed by atoms with Gasteiger partial charge in [0.1, 0.15) is 141 Å². The average molecular weight is 1750 g/mol. The van der Waals surface area contributed by atoms with E-state index >= 15 is 0 Å². The molecule has 6 rings (SSSR count). The van der Waals surface area contributed by atoms with E-state index in [-0.39, 0.29) is 12.9 Å². The van der Waals surface area contributed by atoms with E-state index in [0.717, 1.165) is 0 Å². The largest absolute Gasteiger partial charge is 0.477 e. The Kier molecular flexibility index (Phi) is 37.3. The number of rotatable bonds is 44. The van der Waals surface area contributed by atoms with Gasteiger partial charge in [0.25, 0.3) is 24.5 Å². The number of aliphatic hydroxyl groups is 17. The molecule has 6 aliphatic heterocycles. The second kappa shape index (κ2) is 43.5. The van der Waals surface area contributed by atoms with Gasteiger partial charge in [0.2, 0.25) is 11.8 Å². The summed E-state index contributed by atoms with van der Waals surface area (Å²) in [6.07, 6.45) is -80.2. The van der Waals surface area contributed by atoms with E-state index in [2.05, 4.69) is 20.1 Å². The Hall–Kier alpha value is -5.03. The van der Waals surface area contributed by atoms with Crippen molar-refractivity contribution in [3.63, 3.8) is 0 Å². The van der Waals surface area contributed by atoms with Crippen molar-refractivity contribution < 1.29 is 263 Å². The van der Waals surface area contributed by atoms with Crippen molar-refractivity contribution in [3.05, 3.63) is 0 Å². The first-order valence-corrected chi connectivity index (χ1v) is 38.5. The molecule has 0 radical (unpaired) electrons. The number of carbonyl (C=O) groups is 8. The van der Waals surface area contributed by atoms with E-state index in [4.69, 9.17) is 75.2 Å². The quantitative estimate of drug-likeness (QED) is 0.00885. The van der Waals surface area contributed by atoms with Crippen LogP contribution >= 0.6 is 23.5 Å². The molecule has 115 heavy (non-hydrogen) atoms. The van der Waals surface area contributed by atoms with Gasteiger partial charge in [-0.3, -0.25) is 42.3 Å². The van der Waals surface area contributed by atoms with Gasteiger partial charge >= 0.3 is 47.3 Å². The van der Waals surface area contributed by atoms with Crippen LogP contribution in [0.1, 0.15) is 38.5 Å². The standard InChI is InChI=1S/C56H91N2O54P3/c59-5-1-27(72)57-31-45(101-29(74)2-6-60)34(77)25(99-50(31)112-115(92,93)94)15-97-49-32(58-28(73)3-7-95-17-65)46(102-30(75)4-8-96-18-66)44(110-113(86,87)88)26(100-49)16-98-55(53(82)83)10-24(107-56(54(84)85)9-19(67)33(76)40(108-56)21(69)12-62)43(42(109-55)23(71)14-64)105-52-38(81)47(48(111-114(89,90)91)41(104-52)22(70)13-63)106-51-37(80)35(78)36(79)39(103-51)20(68)11-61/h17-26,31-52,59-64,67-71,76-81H,1-16H2,(H,57,72)(H,58,73)(H,82,83)(H,84,85)(H2,86,87,88)(H2,89,90,91)(H2,92,93,94)/t19-,20+,21-,22+,23-,24-,25-,26-,31-,32-,33-,34-,35+,36+,37+,38+,39-,40-,41-,42-,43-,44-,45-,46-,47-,48-,49-,50-,51-,52-,55-,56-/m1/s1. The Morgan fingerprint density at radius 3 is 1.49 bits per heavy atom. The van der Waals surface area contributed by atoms with E-state index < -0.39 is 359 Å². The summed E-state index contributed by atoms with van der Waals surface area (Å²) in [6.45, 7) is -13.2. The van der Waals surface area contributed by atoms with Gasteiger partial charge in [-0.05, 0) is 0 Å². The maximum absolute atomic E-state index is 14.4. The predicted octanol–water partition coefficient (Wildman–Crippen LogP) is -16.1. The summed E-state index contributed by atoms with van der Waals surface area (Å²) in [4.78, 5) is 166. The topological polar surface area (TPSA) is 884 Å². The van der Waals surface area contributed by atoms with Crippen molar-refractivity contribution in [2.24, 2.45) is 0 Å². The molecule has 32 atom stereocenters. The van der Waals surface area contributed by atoms with Crippen LogP contribution in [0, 0.1) is 0 Å². The third-order valence-corrected chi connectivity index (χ3v) is 19.4. The van der Waals surface area contributed by atoms with Crippen LogP contribution < -0.4 is 10.6 Å². The first kappa shape index (κ1) is 98.8. The number of phosphoric ester groups is 3. The normalized spacial score (nSPS) is 37.2. The van der Waals surface area contributed by atoms with Crippen LogP contribution in [0.4, 0.5) is 0 Å². The number of esters is 2. The molecule has 0 bridgehead atoms. The van der Waals surface area contributed by atoms with Crippen LogP contribution in [0.15, 0.2) is 0 Å². The minimum Gasteiger partial charge on any atom is -0.477 e. The van der Waals surface area contributed by atoms with Crippen LogP contribution in [0.2, 0.25) is 0 Å². The van der Waals surface area contributed by atoms with Crippen molar-refractivity contribution in [1.82, 2.24) is 10.6 Å². The van der Waals surface area contributed by atoms with Gasteiger partial charge in [-0.2, -0.15) is 0 Å². The molecule has 0 aromatic heterocycles. The molecule has 0 saturated carbocycles. The van der Waals surface area contributed by atoms with E-state index in [9.17, 15) is 178 Å². The summed E-state index contributed by atoms with van der Waals surface area (Å²) < 4.78 is 137. The van der Waals surface area contributed by atoms with Gasteiger partial charge in [-0.25, -0.2) is 23.3 Å². The molecule has 0 spiro atoms. The summed E-state index contributed by atoms with van der Waals surface area (Å²) in [5.74, 6) is -18.3. The lowest BCUT2D eigenvalue weighted by atomic mass is 9.89. The lowest BCUT2D eigenvalue weighted by Gasteiger charge is -2.53. The van der Waals surface area contributed by atoms with E-state index in [1.807, 2.05) is 0 Å². The first-order chi connectivity index (χ1) is 53.8. The molecule has 59 heteroatoms. The van der Waals surface area contributed by atoms with Crippen LogP contribution in [0.5, 0.6) is 0 Å². The molecule has 56 nitrogen and oxygen atoms in total. The summed E-state index contributed by atoms with van der Waals surface area (Å²) in [5.41, 5.74) is 0. The Morgan fingerprint density at radius 1 is 0.452 bits per heavy atom. The summed E-state index contributed by atoms with van der Waals surface area (Å²) >= 11 is 0. The number of hydrogen-bond acceptors (Lipinski definition) is 46. The van der Waals surface area contributed by atoms with Crippen molar-refractivity contribution >= 4 is 72.1 Å². The fourth-order valence-corrected chi connectivity index (χ4v) is 14.1. The predicted molar refractivity (Wildman–Crippen MR) is 343 cm³/mol. The smallest absolute Gasteiger partial charge is 0.472 e. The fraction of sp³-hybridized carbons (Fsp3) is 0.857. The lowest BCUT2D eigenvalue weighted by molar-refractivity contribution is -0.406. The molecule has 0 unspecified atom stereocenters. The van der Waals surface area contributed by atoms with E-state index in [1.165, 1.54) is 0 Å². The summed E-state index contributed by atoms with van der Waals surface area (Å²) in [7, 11) is -18.2. The number of carbonyl (C=O) groups excluding carboxylic acids is 6. The number of ether oxygens (including phenoxy) is 15. The Balaban J connectivity index is 1.57. The molecule has 0 aliphatic carbocycles. The van der Waals surface area contributed by atoms with Crippen LogP contribution in [-0.2, 0) is 137 Å². The number of carboxylic acid groups (broad SMARTS) is 2. The van der Waals surface area contributed by atoms with Crippen LogP contribution in [0.3, 0.4) is 0 Å². The molecule has 27 N–H and O–H groups in total. The van der Waals surface area contributed by atoms with Gasteiger partial charge in [0.05, 0.1) is 90.9 Å². The van der Waals surface area contributed by atoms with Crippen molar-refractivity contribution in [2.45, 2.75) is 234 Å². The molecule has 6 saturated heterocycles. The summed E-state index contributed by atoms with van der Waals surface area (Å²) in [6, 6.07) is -4.64. The molecule has 664 valence electrons. The number of phosphoric acid groups is 3. The minimum absolute atomic E-state index is 0.155. The van der Waals surface area contributed by atoms with Crippen LogP contribution in [-0.4, -0.2) is 436 Å².